The summed E-state index contributed by atoms with van der Waals surface area (Å²) >= 11 is 0. The Morgan fingerprint density at radius 2 is 1.80 bits per heavy atom. The van der Waals surface area contributed by atoms with Gasteiger partial charge in [-0.25, -0.2) is 4.79 Å². The van der Waals surface area contributed by atoms with Gasteiger partial charge in [0, 0.05) is 0 Å². The zero-order valence-corrected chi connectivity index (χ0v) is 8.85. The molecule has 0 aliphatic rings. The highest BCUT2D eigenvalue weighted by atomic mass is 16.4. The summed E-state index contributed by atoms with van der Waals surface area (Å²) < 4.78 is 0. The number of carbonyl (C=O) groups is 2. The third kappa shape index (κ3) is 8.68. The fourth-order valence-electron chi connectivity index (χ4n) is 0.839. The van der Waals surface area contributed by atoms with Crippen LogP contribution in [0.5, 0.6) is 0 Å². The molecule has 0 aromatic rings. The molecule has 0 unspecified atom stereocenters. The van der Waals surface area contributed by atoms with Crippen molar-refractivity contribution in [2.24, 2.45) is 0 Å². The maximum Gasteiger partial charge on any atom is 0.376 e. The minimum absolute atomic E-state index is 0.908. The number of carbonyl (C=O) groups excluding carboxylic acids is 1. The van der Waals surface area contributed by atoms with Crippen LogP contribution in [0.1, 0.15) is 26.2 Å². The molecule has 0 spiro atoms. The highest BCUT2D eigenvalue weighted by Gasteiger charge is 2.03. The molecule has 0 aromatic heterocycles. The van der Waals surface area contributed by atoms with Crippen LogP contribution in [0.2, 0.25) is 0 Å². The molecule has 0 radical (unpaired) electrons. The number of hydrogen-bond acceptors (Lipinski definition) is 2. The molecular formula is C12H16O3. The summed E-state index contributed by atoms with van der Waals surface area (Å²) in [6.07, 6.45) is 13.1. The normalized spacial score (nSPS) is 11.8. The van der Waals surface area contributed by atoms with Crippen LogP contribution in [0, 0.1) is 0 Å². The van der Waals surface area contributed by atoms with Crippen molar-refractivity contribution in [1.82, 2.24) is 0 Å². The number of ketones is 1. The summed E-state index contributed by atoms with van der Waals surface area (Å²) in [6, 6.07) is 0. The second-order valence-electron chi connectivity index (χ2n) is 2.98. The van der Waals surface area contributed by atoms with Crippen molar-refractivity contribution in [3.8, 4) is 0 Å². The van der Waals surface area contributed by atoms with Gasteiger partial charge in [-0.1, -0.05) is 50.1 Å². The molecule has 0 amide bonds. The molecule has 0 atom stereocenters. The van der Waals surface area contributed by atoms with E-state index in [0.29, 0.717) is 0 Å². The van der Waals surface area contributed by atoms with E-state index in [0.717, 1.165) is 18.9 Å². The number of hydrogen-bond donors (Lipinski definition) is 1. The Morgan fingerprint density at radius 1 is 1.13 bits per heavy atom. The summed E-state index contributed by atoms with van der Waals surface area (Å²) in [5.41, 5.74) is 0. The van der Waals surface area contributed by atoms with Gasteiger partial charge in [0.25, 0.3) is 5.78 Å². The molecule has 1 N–H and O–H groups in total. The van der Waals surface area contributed by atoms with Gasteiger partial charge in [-0.3, -0.25) is 4.79 Å². The number of aliphatic carboxylic acids is 1. The van der Waals surface area contributed by atoms with Crippen LogP contribution in [0.3, 0.4) is 0 Å². The average Bonchev–Trinajstić information content (AvgIpc) is 2.21. The first-order valence-corrected chi connectivity index (χ1v) is 4.95. The van der Waals surface area contributed by atoms with Gasteiger partial charge in [-0.15, -0.1) is 0 Å². The quantitative estimate of drug-likeness (QED) is 0.302. The SMILES string of the molecule is CCCCC=CC=CC=CC(=O)C(=O)O. The molecule has 3 nitrogen and oxygen atoms in total. The Hall–Kier alpha value is -1.64. The van der Waals surface area contributed by atoms with Crippen molar-refractivity contribution in [2.75, 3.05) is 0 Å². The van der Waals surface area contributed by atoms with Crippen LogP contribution in [0.4, 0.5) is 0 Å². The zero-order valence-electron chi connectivity index (χ0n) is 8.85. The minimum Gasteiger partial charge on any atom is -0.475 e. The highest BCUT2D eigenvalue weighted by molar-refractivity contribution is 6.37. The van der Waals surface area contributed by atoms with E-state index >= 15 is 0 Å². The van der Waals surface area contributed by atoms with E-state index in [2.05, 4.69) is 6.92 Å². The number of allylic oxidation sites excluding steroid dienone is 5. The van der Waals surface area contributed by atoms with Crippen LogP contribution < -0.4 is 0 Å². The predicted octanol–water partition coefficient (Wildman–Crippen LogP) is 2.50. The Labute approximate surface area is 89.8 Å². The molecule has 0 aliphatic carbocycles. The van der Waals surface area contributed by atoms with Crippen LogP contribution in [-0.2, 0) is 9.59 Å². The van der Waals surface area contributed by atoms with Gasteiger partial charge in [0.15, 0.2) is 0 Å². The molecule has 82 valence electrons. The minimum atomic E-state index is -1.43. The van der Waals surface area contributed by atoms with Gasteiger partial charge >= 0.3 is 5.97 Å². The van der Waals surface area contributed by atoms with Gasteiger partial charge in [0.2, 0.25) is 0 Å². The standard InChI is InChI=1S/C12H16O3/c1-2-3-4-5-6-7-8-9-10-11(13)12(14)15/h5-10H,2-4H2,1H3,(H,14,15). The maximum atomic E-state index is 10.6. The Bertz CT molecular complexity index is 285. The largest absolute Gasteiger partial charge is 0.475 e. The summed E-state index contributed by atoms with van der Waals surface area (Å²) in [6.45, 7) is 2.13. The van der Waals surface area contributed by atoms with Crippen LogP contribution >= 0.6 is 0 Å². The van der Waals surface area contributed by atoms with Gasteiger partial charge in [0.1, 0.15) is 0 Å². The smallest absolute Gasteiger partial charge is 0.376 e. The third-order valence-electron chi connectivity index (χ3n) is 1.65. The zero-order chi connectivity index (χ0) is 11.5. The number of carboxylic acids is 1. The number of rotatable bonds is 7. The first kappa shape index (κ1) is 13.4. The van der Waals surface area contributed by atoms with E-state index in [4.69, 9.17) is 5.11 Å². The van der Waals surface area contributed by atoms with Crippen LogP contribution in [-0.4, -0.2) is 16.9 Å². The van der Waals surface area contributed by atoms with Gasteiger partial charge in [-0.05, 0) is 12.5 Å². The Kier molecular flexibility index (Phi) is 7.96. The van der Waals surface area contributed by atoms with Crippen LogP contribution in [0.25, 0.3) is 0 Å². The molecular weight excluding hydrogens is 192 g/mol. The summed E-state index contributed by atoms with van der Waals surface area (Å²) in [5.74, 6) is -2.34. The monoisotopic (exact) mass is 208 g/mol. The fraction of sp³-hybridized carbons (Fsp3) is 0.333. The number of unbranched alkanes of at least 4 members (excludes halogenated alkanes) is 2. The topological polar surface area (TPSA) is 54.4 Å². The first-order valence-electron chi connectivity index (χ1n) is 4.95. The molecule has 0 rings (SSSR count). The van der Waals surface area contributed by atoms with Gasteiger partial charge in [0.05, 0.1) is 0 Å². The molecule has 0 heterocycles. The summed E-state index contributed by atoms with van der Waals surface area (Å²) in [7, 11) is 0. The van der Waals surface area contributed by atoms with E-state index in [9.17, 15) is 9.59 Å². The fourth-order valence-corrected chi connectivity index (χ4v) is 0.839. The average molecular weight is 208 g/mol. The molecule has 15 heavy (non-hydrogen) atoms. The Morgan fingerprint density at radius 3 is 2.40 bits per heavy atom. The van der Waals surface area contributed by atoms with Crippen molar-refractivity contribution < 1.29 is 14.7 Å². The lowest BCUT2D eigenvalue weighted by molar-refractivity contribution is -0.146. The lowest BCUT2D eigenvalue weighted by Gasteiger charge is -1.85. The van der Waals surface area contributed by atoms with E-state index in [1.165, 1.54) is 12.5 Å². The molecule has 0 saturated carbocycles. The van der Waals surface area contributed by atoms with Crippen LogP contribution in [0.15, 0.2) is 36.5 Å². The molecule has 0 aromatic carbocycles. The summed E-state index contributed by atoms with van der Waals surface area (Å²) in [5, 5.41) is 8.24. The predicted molar refractivity (Wildman–Crippen MR) is 59.6 cm³/mol. The second kappa shape index (κ2) is 8.94. The van der Waals surface area contributed by atoms with Gasteiger partial charge < -0.3 is 5.11 Å². The highest BCUT2D eigenvalue weighted by Crippen LogP contribution is 1.94. The first-order chi connectivity index (χ1) is 7.18. The second-order valence-corrected chi connectivity index (χ2v) is 2.98. The maximum absolute atomic E-state index is 10.6. The molecule has 0 bridgehead atoms. The van der Waals surface area contributed by atoms with Crippen molar-refractivity contribution in [3.63, 3.8) is 0 Å². The van der Waals surface area contributed by atoms with E-state index in [1.807, 2.05) is 12.2 Å². The van der Waals surface area contributed by atoms with E-state index in [-0.39, 0.29) is 0 Å². The van der Waals surface area contributed by atoms with Gasteiger partial charge in [-0.2, -0.15) is 0 Å². The van der Waals surface area contributed by atoms with E-state index in [1.54, 1.807) is 12.2 Å². The molecule has 0 saturated heterocycles. The lowest BCUT2D eigenvalue weighted by Crippen LogP contribution is -2.08. The van der Waals surface area contributed by atoms with Crippen molar-refractivity contribution in [2.45, 2.75) is 26.2 Å². The molecule has 0 aliphatic heterocycles. The summed E-state index contributed by atoms with van der Waals surface area (Å²) in [4.78, 5) is 20.7. The van der Waals surface area contributed by atoms with Crippen molar-refractivity contribution in [3.05, 3.63) is 36.5 Å². The lowest BCUT2D eigenvalue weighted by atomic mass is 10.2. The van der Waals surface area contributed by atoms with E-state index < -0.39 is 11.8 Å². The van der Waals surface area contributed by atoms with Crippen molar-refractivity contribution in [1.29, 1.82) is 0 Å². The number of carboxylic acid groups (broad SMARTS) is 1. The molecule has 3 heteroatoms. The molecule has 0 fully saturated rings. The van der Waals surface area contributed by atoms with Crippen molar-refractivity contribution >= 4 is 11.8 Å². The Balaban J connectivity index is 3.75. The third-order valence-corrected chi connectivity index (χ3v) is 1.65.